The van der Waals surface area contributed by atoms with Crippen molar-refractivity contribution in [3.05, 3.63) is 29.3 Å². The Balaban J connectivity index is 3.19. The van der Waals surface area contributed by atoms with E-state index in [1.165, 1.54) is 0 Å². The zero-order valence-corrected chi connectivity index (χ0v) is 6.01. The first-order valence-electron chi connectivity index (χ1n) is 3.19. The molecule has 1 N–H and O–H groups in total. The molecule has 0 heterocycles. The van der Waals surface area contributed by atoms with Crippen LogP contribution in [0.4, 0.5) is 8.78 Å². The maximum atomic E-state index is 12.8. The standard InChI is InChI=1S/C8H5F2NO/c9-6-2-1-5(3-4-11)7(10)8(6)12/h1-2,12H,3H2. The van der Waals surface area contributed by atoms with Gasteiger partial charge >= 0.3 is 0 Å². The highest BCUT2D eigenvalue weighted by Gasteiger charge is 2.11. The lowest BCUT2D eigenvalue weighted by Crippen LogP contribution is -1.91. The van der Waals surface area contributed by atoms with Gasteiger partial charge in [-0.05, 0) is 6.07 Å². The predicted octanol–water partition coefficient (Wildman–Crippen LogP) is 1.74. The van der Waals surface area contributed by atoms with Gasteiger partial charge in [0.1, 0.15) is 0 Å². The Morgan fingerprint density at radius 1 is 1.42 bits per heavy atom. The molecule has 0 saturated carbocycles. The molecular weight excluding hydrogens is 164 g/mol. The third kappa shape index (κ3) is 1.35. The summed E-state index contributed by atoms with van der Waals surface area (Å²) < 4.78 is 25.2. The van der Waals surface area contributed by atoms with Gasteiger partial charge in [0.15, 0.2) is 17.4 Å². The maximum Gasteiger partial charge on any atom is 0.188 e. The molecule has 1 aromatic carbocycles. The fraction of sp³-hybridized carbons (Fsp3) is 0.125. The van der Waals surface area contributed by atoms with Crippen molar-refractivity contribution in [1.82, 2.24) is 0 Å². The minimum absolute atomic E-state index is 0.00333. The molecular formula is C8H5F2NO. The minimum Gasteiger partial charge on any atom is -0.503 e. The molecule has 0 aromatic heterocycles. The van der Waals surface area contributed by atoms with Crippen LogP contribution in [0.15, 0.2) is 12.1 Å². The molecule has 1 aromatic rings. The first kappa shape index (κ1) is 8.47. The van der Waals surface area contributed by atoms with Crippen molar-refractivity contribution in [2.45, 2.75) is 6.42 Å². The van der Waals surface area contributed by atoms with E-state index in [1.54, 1.807) is 6.07 Å². The lowest BCUT2D eigenvalue weighted by atomic mass is 10.1. The number of hydrogen-bond donors (Lipinski definition) is 1. The third-order valence-electron chi connectivity index (χ3n) is 1.42. The van der Waals surface area contributed by atoms with E-state index in [9.17, 15) is 8.78 Å². The molecule has 2 nitrogen and oxygen atoms in total. The van der Waals surface area contributed by atoms with Crippen LogP contribution in [0.25, 0.3) is 0 Å². The fourth-order valence-electron chi connectivity index (χ4n) is 0.804. The Morgan fingerprint density at radius 3 is 2.67 bits per heavy atom. The third-order valence-corrected chi connectivity index (χ3v) is 1.42. The summed E-state index contributed by atoms with van der Waals surface area (Å²) >= 11 is 0. The number of phenolic OH excluding ortho intramolecular Hbond substituents is 1. The lowest BCUT2D eigenvalue weighted by Gasteiger charge is -2.00. The zero-order chi connectivity index (χ0) is 9.14. The Labute approximate surface area is 67.7 Å². The topological polar surface area (TPSA) is 44.0 Å². The summed E-state index contributed by atoms with van der Waals surface area (Å²) in [5.74, 6) is -3.10. The highest BCUT2D eigenvalue weighted by molar-refractivity contribution is 5.32. The predicted molar refractivity (Wildman–Crippen MR) is 37.3 cm³/mol. The normalized spacial score (nSPS) is 9.42. The van der Waals surface area contributed by atoms with Crippen molar-refractivity contribution in [2.24, 2.45) is 0 Å². The Hall–Kier alpha value is -1.63. The molecule has 0 amide bonds. The second-order valence-electron chi connectivity index (χ2n) is 2.20. The molecule has 0 radical (unpaired) electrons. The summed E-state index contributed by atoms with van der Waals surface area (Å²) in [6.07, 6.45) is -0.181. The van der Waals surface area contributed by atoms with Crippen LogP contribution in [0.1, 0.15) is 5.56 Å². The summed E-state index contributed by atoms with van der Waals surface area (Å²) in [5.41, 5.74) is -0.00333. The average Bonchev–Trinajstić information content (AvgIpc) is 2.07. The van der Waals surface area contributed by atoms with E-state index in [4.69, 9.17) is 10.4 Å². The van der Waals surface area contributed by atoms with E-state index in [0.717, 1.165) is 12.1 Å². The van der Waals surface area contributed by atoms with Crippen molar-refractivity contribution in [3.63, 3.8) is 0 Å². The van der Waals surface area contributed by atoms with E-state index in [1.807, 2.05) is 0 Å². The second-order valence-corrected chi connectivity index (χ2v) is 2.20. The highest BCUT2D eigenvalue weighted by atomic mass is 19.1. The molecule has 0 saturated heterocycles. The van der Waals surface area contributed by atoms with Crippen LogP contribution in [-0.2, 0) is 6.42 Å². The number of halogens is 2. The molecule has 0 spiro atoms. The van der Waals surface area contributed by atoms with E-state index in [2.05, 4.69) is 0 Å². The minimum atomic E-state index is -1.06. The average molecular weight is 169 g/mol. The molecule has 12 heavy (non-hydrogen) atoms. The molecule has 0 aliphatic rings. The Bertz CT molecular complexity index is 344. The van der Waals surface area contributed by atoms with Crippen LogP contribution >= 0.6 is 0 Å². The van der Waals surface area contributed by atoms with Crippen molar-refractivity contribution in [1.29, 1.82) is 5.26 Å². The molecule has 0 aliphatic heterocycles. The van der Waals surface area contributed by atoms with Crippen molar-refractivity contribution in [3.8, 4) is 11.8 Å². The second kappa shape index (κ2) is 3.18. The van der Waals surface area contributed by atoms with Crippen molar-refractivity contribution < 1.29 is 13.9 Å². The van der Waals surface area contributed by atoms with Gasteiger partial charge in [0.2, 0.25) is 0 Å². The van der Waals surface area contributed by atoms with E-state index < -0.39 is 17.4 Å². The quantitative estimate of drug-likeness (QED) is 0.695. The van der Waals surface area contributed by atoms with Gasteiger partial charge in [-0.25, -0.2) is 8.78 Å². The van der Waals surface area contributed by atoms with Crippen molar-refractivity contribution in [2.75, 3.05) is 0 Å². The Kier molecular flexibility index (Phi) is 2.24. The Morgan fingerprint density at radius 2 is 2.08 bits per heavy atom. The van der Waals surface area contributed by atoms with Gasteiger partial charge in [-0.3, -0.25) is 0 Å². The summed E-state index contributed by atoms with van der Waals surface area (Å²) in [4.78, 5) is 0. The van der Waals surface area contributed by atoms with Crippen LogP contribution in [0.2, 0.25) is 0 Å². The SMILES string of the molecule is N#CCc1ccc(F)c(O)c1F. The molecule has 1 rings (SSSR count). The molecule has 0 aliphatic carbocycles. The summed E-state index contributed by atoms with van der Waals surface area (Å²) in [6, 6.07) is 3.75. The van der Waals surface area contributed by atoms with Crippen LogP contribution < -0.4 is 0 Å². The maximum absolute atomic E-state index is 12.8. The number of hydrogen-bond acceptors (Lipinski definition) is 2. The van der Waals surface area contributed by atoms with Gasteiger partial charge in [0, 0.05) is 5.56 Å². The largest absolute Gasteiger partial charge is 0.503 e. The monoisotopic (exact) mass is 169 g/mol. The number of aromatic hydroxyl groups is 1. The van der Waals surface area contributed by atoms with Gasteiger partial charge in [0.25, 0.3) is 0 Å². The van der Waals surface area contributed by atoms with Crippen molar-refractivity contribution >= 4 is 0 Å². The van der Waals surface area contributed by atoms with Crippen LogP contribution in [-0.4, -0.2) is 5.11 Å². The number of rotatable bonds is 1. The number of nitrogens with zero attached hydrogens (tertiary/aromatic N) is 1. The number of phenols is 1. The van der Waals surface area contributed by atoms with Gasteiger partial charge in [-0.1, -0.05) is 6.07 Å². The molecule has 0 atom stereocenters. The van der Waals surface area contributed by atoms with Gasteiger partial charge in [-0.2, -0.15) is 5.26 Å². The van der Waals surface area contributed by atoms with E-state index >= 15 is 0 Å². The smallest absolute Gasteiger partial charge is 0.188 e. The molecule has 0 fully saturated rings. The number of benzene rings is 1. The van der Waals surface area contributed by atoms with Gasteiger partial charge < -0.3 is 5.11 Å². The van der Waals surface area contributed by atoms with Crippen LogP contribution in [0.3, 0.4) is 0 Å². The summed E-state index contributed by atoms with van der Waals surface area (Å²) in [6.45, 7) is 0. The van der Waals surface area contributed by atoms with Gasteiger partial charge in [-0.15, -0.1) is 0 Å². The van der Waals surface area contributed by atoms with E-state index in [-0.39, 0.29) is 12.0 Å². The highest BCUT2D eigenvalue weighted by Crippen LogP contribution is 2.22. The van der Waals surface area contributed by atoms with E-state index in [0.29, 0.717) is 0 Å². The molecule has 4 heteroatoms. The lowest BCUT2D eigenvalue weighted by molar-refractivity contribution is 0.394. The van der Waals surface area contributed by atoms with Crippen LogP contribution in [0.5, 0.6) is 5.75 Å². The van der Waals surface area contributed by atoms with Gasteiger partial charge in [0.05, 0.1) is 12.5 Å². The summed E-state index contributed by atoms with van der Waals surface area (Å²) in [7, 11) is 0. The number of nitriles is 1. The molecule has 62 valence electrons. The van der Waals surface area contributed by atoms with Crippen LogP contribution in [0, 0.1) is 23.0 Å². The fourth-order valence-corrected chi connectivity index (χ4v) is 0.804. The molecule has 0 bridgehead atoms. The molecule has 0 unspecified atom stereocenters. The first-order valence-corrected chi connectivity index (χ1v) is 3.19. The first-order chi connectivity index (χ1) is 5.66. The zero-order valence-electron chi connectivity index (χ0n) is 6.01. The summed E-state index contributed by atoms with van der Waals surface area (Å²) in [5, 5.41) is 17.0.